The predicted octanol–water partition coefficient (Wildman–Crippen LogP) is 3.87. The SMILES string of the molecule is CCNC(=NCC(C)c1cccs1)N1CCC(OCC2CCCCO2)CC1. The number of guanidine groups is 1. The van der Waals surface area contributed by atoms with Crippen molar-refractivity contribution in [3.63, 3.8) is 0 Å². The standard InChI is InChI=1S/C21H35N3O2S/c1-3-22-21(23-15-17(2)20-8-6-14-27-20)24-11-9-18(10-12-24)26-16-19-7-4-5-13-25-19/h6,8,14,17-19H,3-5,7,9-13,15-16H2,1-2H3,(H,22,23). The zero-order valence-electron chi connectivity index (χ0n) is 16.9. The summed E-state index contributed by atoms with van der Waals surface area (Å²) in [5.41, 5.74) is 0. The van der Waals surface area contributed by atoms with Gasteiger partial charge in [0.05, 0.1) is 25.4 Å². The highest BCUT2D eigenvalue weighted by Gasteiger charge is 2.24. The second-order valence-corrected chi connectivity index (χ2v) is 8.60. The molecule has 27 heavy (non-hydrogen) atoms. The number of hydrogen-bond acceptors (Lipinski definition) is 4. The molecule has 0 amide bonds. The summed E-state index contributed by atoms with van der Waals surface area (Å²) in [4.78, 5) is 8.71. The van der Waals surface area contributed by atoms with E-state index in [0.29, 0.717) is 18.1 Å². The van der Waals surface area contributed by atoms with E-state index in [2.05, 4.69) is 41.6 Å². The van der Waals surface area contributed by atoms with E-state index in [9.17, 15) is 0 Å². The third-order valence-electron chi connectivity index (χ3n) is 5.41. The van der Waals surface area contributed by atoms with Crippen LogP contribution in [-0.2, 0) is 9.47 Å². The van der Waals surface area contributed by atoms with Crippen molar-refractivity contribution in [3.05, 3.63) is 22.4 Å². The van der Waals surface area contributed by atoms with Gasteiger partial charge in [-0.15, -0.1) is 11.3 Å². The summed E-state index contributed by atoms with van der Waals surface area (Å²) in [6.07, 6.45) is 6.44. The number of nitrogens with one attached hydrogen (secondary N) is 1. The van der Waals surface area contributed by atoms with Crippen molar-refractivity contribution < 1.29 is 9.47 Å². The van der Waals surface area contributed by atoms with Gasteiger partial charge < -0.3 is 19.7 Å². The van der Waals surface area contributed by atoms with Crippen LogP contribution >= 0.6 is 11.3 Å². The van der Waals surface area contributed by atoms with Crippen LogP contribution in [0, 0.1) is 0 Å². The number of hydrogen-bond donors (Lipinski definition) is 1. The Morgan fingerprint density at radius 3 is 2.89 bits per heavy atom. The monoisotopic (exact) mass is 393 g/mol. The molecule has 1 aromatic rings. The van der Waals surface area contributed by atoms with Gasteiger partial charge in [-0.25, -0.2) is 0 Å². The molecule has 0 spiro atoms. The van der Waals surface area contributed by atoms with Crippen molar-refractivity contribution in [1.29, 1.82) is 0 Å². The maximum Gasteiger partial charge on any atom is 0.193 e. The quantitative estimate of drug-likeness (QED) is 0.564. The Bertz CT molecular complexity index is 550. The zero-order chi connectivity index (χ0) is 18.9. The molecule has 0 bridgehead atoms. The number of thiophene rings is 1. The zero-order valence-corrected chi connectivity index (χ0v) is 17.7. The van der Waals surface area contributed by atoms with E-state index in [1.807, 2.05) is 11.3 Å². The number of nitrogens with zero attached hydrogens (tertiary/aromatic N) is 2. The van der Waals surface area contributed by atoms with Crippen LogP contribution in [0.15, 0.2) is 22.5 Å². The Balaban J connectivity index is 1.44. The minimum Gasteiger partial charge on any atom is -0.376 e. The highest BCUT2D eigenvalue weighted by molar-refractivity contribution is 7.10. The molecule has 2 saturated heterocycles. The molecule has 1 aromatic heterocycles. The second kappa shape index (κ2) is 11.0. The molecular formula is C21H35N3O2S. The molecule has 3 heterocycles. The molecule has 2 fully saturated rings. The van der Waals surface area contributed by atoms with Crippen LogP contribution in [0.5, 0.6) is 0 Å². The fourth-order valence-corrected chi connectivity index (χ4v) is 4.51. The summed E-state index contributed by atoms with van der Waals surface area (Å²) >= 11 is 1.82. The lowest BCUT2D eigenvalue weighted by Crippen LogP contribution is -2.47. The molecule has 5 nitrogen and oxygen atoms in total. The summed E-state index contributed by atoms with van der Waals surface area (Å²) in [5, 5.41) is 5.61. The fourth-order valence-electron chi connectivity index (χ4n) is 3.73. The van der Waals surface area contributed by atoms with Gasteiger partial charge in [0.2, 0.25) is 0 Å². The maximum absolute atomic E-state index is 6.15. The molecule has 1 N–H and O–H groups in total. The van der Waals surface area contributed by atoms with E-state index in [1.54, 1.807) is 0 Å². The van der Waals surface area contributed by atoms with E-state index < -0.39 is 0 Å². The summed E-state index contributed by atoms with van der Waals surface area (Å²) in [5.74, 6) is 1.52. The first-order valence-electron chi connectivity index (χ1n) is 10.6. The summed E-state index contributed by atoms with van der Waals surface area (Å²) in [7, 11) is 0. The Kier molecular flexibility index (Phi) is 8.42. The first-order valence-corrected chi connectivity index (χ1v) is 11.4. The van der Waals surface area contributed by atoms with Gasteiger partial charge in [0, 0.05) is 37.0 Å². The van der Waals surface area contributed by atoms with E-state index in [4.69, 9.17) is 14.5 Å². The van der Waals surface area contributed by atoms with Crippen LogP contribution in [0.3, 0.4) is 0 Å². The van der Waals surface area contributed by atoms with Gasteiger partial charge in [-0.2, -0.15) is 0 Å². The lowest BCUT2D eigenvalue weighted by molar-refractivity contribution is -0.0721. The lowest BCUT2D eigenvalue weighted by atomic mass is 10.1. The van der Waals surface area contributed by atoms with Crippen molar-refractivity contribution >= 4 is 17.3 Å². The van der Waals surface area contributed by atoms with Gasteiger partial charge in [-0.3, -0.25) is 4.99 Å². The van der Waals surface area contributed by atoms with Crippen molar-refractivity contribution in [2.45, 2.75) is 64.1 Å². The molecule has 2 aliphatic heterocycles. The van der Waals surface area contributed by atoms with Crippen LogP contribution in [0.2, 0.25) is 0 Å². The molecule has 152 valence electrons. The highest BCUT2D eigenvalue weighted by atomic mass is 32.1. The minimum absolute atomic E-state index is 0.314. The summed E-state index contributed by atoms with van der Waals surface area (Å²) < 4.78 is 11.9. The average molecular weight is 394 g/mol. The van der Waals surface area contributed by atoms with Gasteiger partial charge in [-0.05, 0) is 50.5 Å². The van der Waals surface area contributed by atoms with Crippen molar-refractivity contribution in [3.8, 4) is 0 Å². The van der Waals surface area contributed by atoms with E-state index >= 15 is 0 Å². The fraction of sp³-hybridized carbons (Fsp3) is 0.762. The Labute approximate surface area is 168 Å². The molecular weight excluding hydrogens is 358 g/mol. The summed E-state index contributed by atoms with van der Waals surface area (Å²) in [6.45, 7) is 9.81. The smallest absolute Gasteiger partial charge is 0.193 e. The van der Waals surface area contributed by atoms with Crippen LogP contribution in [0.4, 0.5) is 0 Å². The molecule has 0 aliphatic carbocycles. The Morgan fingerprint density at radius 2 is 2.22 bits per heavy atom. The molecule has 0 radical (unpaired) electrons. The molecule has 0 saturated carbocycles. The maximum atomic E-state index is 6.15. The molecule has 0 aromatic carbocycles. The molecule has 6 heteroatoms. The number of ether oxygens (including phenoxy) is 2. The topological polar surface area (TPSA) is 46.1 Å². The van der Waals surface area contributed by atoms with Crippen LogP contribution in [-0.4, -0.2) is 62.5 Å². The number of rotatable bonds is 7. The molecule has 2 unspecified atom stereocenters. The minimum atomic E-state index is 0.314. The van der Waals surface area contributed by atoms with Crippen molar-refractivity contribution in [2.24, 2.45) is 4.99 Å². The third-order valence-corrected chi connectivity index (χ3v) is 6.52. The van der Waals surface area contributed by atoms with Gasteiger partial charge in [0.15, 0.2) is 5.96 Å². The van der Waals surface area contributed by atoms with Gasteiger partial charge in [-0.1, -0.05) is 13.0 Å². The van der Waals surface area contributed by atoms with E-state index in [-0.39, 0.29) is 0 Å². The molecule has 2 aliphatic rings. The van der Waals surface area contributed by atoms with Gasteiger partial charge in [0.1, 0.15) is 0 Å². The van der Waals surface area contributed by atoms with Crippen molar-refractivity contribution in [2.75, 3.05) is 39.4 Å². The number of likely N-dealkylation sites (tertiary alicyclic amines) is 1. The summed E-state index contributed by atoms with van der Waals surface area (Å²) in [6, 6.07) is 4.32. The first kappa shape index (κ1) is 20.6. The van der Waals surface area contributed by atoms with Crippen LogP contribution in [0.25, 0.3) is 0 Å². The Morgan fingerprint density at radius 1 is 1.37 bits per heavy atom. The van der Waals surface area contributed by atoms with Gasteiger partial charge >= 0.3 is 0 Å². The first-order chi connectivity index (χ1) is 13.3. The van der Waals surface area contributed by atoms with E-state index in [0.717, 1.165) is 64.6 Å². The predicted molar refractivity (Wildman–Crippen MR) is 113 cm³/mol. The number of piperidine rings is 1. The van der Waals surface area contributed by atoms with Crippen LogP contribution in [0.1, 0.15) is 56.7 Å². The number of aliphatic imine (C=N–C) groups is 1. The van der Waals surface area contributed by atoms with Crippen molar-refractivity contribution in [1.82, 2.24) is 10.2 Å². The van der Waals surface area contributed by atoms with Crippen LogP contribution < -0.4 is 5.32 Å². The normalized spacial score (nSPS) is 23.4. The van der Waals surface area contributed by atoms with Gasteiger partial charge in [0.25, 0.3) is 0 Å². The van der Waals surface area contributed by atoms with E-state index in [1.165, 1.54) is 17.7 Å². The highest BCUT2D eigenvalue weighted by Crippen LogP contribution is 2.21. The second-order valence-electron chi connectivity index (χ2n) is 7.62. The lowest BCUT2D eigenvalue weighted by Gasteiger charge is -2.35. The molecule has 2 atom stereocenters. The average Bonchev–Trinajstić information content (AvgIpc) is 3.26. The third kappa shape index (κ3) is 6.47. The molecule has 3 rings (SSSR count). The Hall–Kier alpha value is -1.11. The largest absolute Gasteiger partial charge is 0.376 e.